The van der Waals surface area contributed by atoms with Gasteiger partial charge in [-0.1, -0.05) is 27.7 Å². The third-order valence-corrected chi connectivity index (χ3v) is 3.55. The van der Waals surface area contributed by atoms with Gasteiger partial charge in [-0.3, -0.25) is 9.59 Å². The second-order valence-corrected chi connectivity index (χ2v) is 8.31. The van der Waals surface area contributed by atoms with E-state index in [9.17, 15) is 19.2 Å². The summed E-state index contributed by atoms with van der Waals surface area (Å²) in [7, 11) is 1.54. The number of hydrogen-bond acceptors (Lipinski definition) is 12. The first-order chi connectivity index (χ1) is 14.9. The molecule has 0 aromatic heterocycles. The van der Waals surface area contributed by atoms with Crippen LogP contribution in [0.1, 0.15) is 34.1 Å². The summed E-state index contributed by atoms with van der Waals surface area (Å²) in [5, 5.41) is 9.05. The Balaban J connectivity index is 3.81. The predicted molar refractivity (Wildman–Crippen MR) is 108 cm³/mol. The zero-order valence-electron chi connectivity index (χ0n) is 19.3. The lowest BCUT2D eigenvalue weighted by molar-refractivity contribution is -0.156. The van der Waals surface area contributed by atoms with Crippen LogP contribution >= 0.6 is 0 Å². The van der Waals surface area contributed by atoms with Gasteiger partial charge >= 0.3 is 24.2 Å². The third kappa shape index (κ3) is 16.1. The lowest BCUT2D eigenvalue weighted by atomic mass is 9.96. The largest absolute Gasteiger partial charge is 0.508 e. The molecule has 32 heavy (non-hydrogen) atoms. The van der Waals surface area contributed by atoms with E-state index in [1.165, 1.54) is 7.11 Å². The number of aliphatic hydroxyl groups excluding tert-OH is 1. The molecule has 0 aliphatic rings. The fourth-order valence-corrected chi connectivity index (χ4v) is 1.85. The van der Waals surface area contributed by atoms with E-state index < -0.39 is 36.1 Å². The maximum absolute atomic E-state index is 11.5. The average Bonchev–Trinajstić information content (AvgIpc) is 2.71. The van der Waals surface area contributed by atoms with Crippen molar-refractivity contribution in [3.63, 3.8) is 0 Å². The molecule has 0 heterocycles. The van der Waals surface area contributed by atoms with Crippen molar-refractivity contribution in [1.29, 1.82) is 0 Å². The third-order valence-electron chi connectivity index (χ3n) is 3.55. The van der Waals surface area contributed by atoms with E-state index in [2.05, 4.69) is 0 Å². The minimum absolute atomic E-state index is 0.0405. The Morgan fingerprint density at radius 1 is 0.625 bits per heavy atom. The van der Waals surface area contributed by atoms with Crippen LogP contribution in [0, 0.1) is 10.8 Å². The van der Waals surface area contributed by atoms with Crippen LogP contribution in [0.25, 0.3) is 0 Å². The van der Waals surface area contributed by atoms with Crippen LogP contribution in [0.4, 0.5) is 9.59 Å². The Hall–Kier alpha value is -2.60. The van der Waals surface area contributed by atoms with Gasteiger partial charge in [0.15, 0.2) is 0 Å². The predicted octanol–water partition coefficient (Wildman–Crippen LogP) is 1.46. The van der Waals surface area contributed by atoms with E-state index in [4.69, 9.17) is 38.3 Å². The SMILES string of the molecule is COCC(C)(C)COC(=O)OCCOC(=O)CC(=O)OCCOC(=O)OCC(C)(C)CO. The van der Waals surface area contributed by atoms with Gasteiger partial charge in [0.05, 0.1) is 13.2 Å². The summed E-state index contributed by atoms with van der Waals surface area (Å²) in [6, 6.07) is 0. The Bertz CT molecular complexity index is 599. The highest BCUT2D eigenvalue weighted by atomic mass is 16.7. The van der Waals surface area contributed by atoms with E-state index in [1.807, 2.05) is 13.8 Å². The Kier molecular flexibility index (Phi) is 14.0. The number of carbonyl (C=O) groups is 4. The lowest BCUT2D eigenvalue weighted by Crippen LogP contribution is -2.27. The zero-order valence-corrected chi connectivity index (χ0v) is 19.3. The van der Waals surface area contributed by atoms with Crippen molar-refractivity contribution >= 4 is 24.2 Å². The molecule has 1 N–H and O–H groups in total. The van der Waals surface area contributed by atoms with Crippen LogP contribution in [0.5, 0.6) is 0 Å². The second kappa shape index (κ2) is 15.2. The molecular formula is C20H34O12. The van der Waals surface area contributed by atoms with Crippen molar-refractivity contribution < 1.29 is 57.4 Å². The van der Waals surface area contributed by atoms with Crippen LogP contribution in [0.3, 0.4) is 0 Å². The summed E-state index contributed by atoms with van der Waals surface area (Å²) in [4.78, 5) is 45.9. The molecule has 0 unspecified atom stereocenters. The van der Waals surface area contributed by atoms with E-state index in [-0.39, 0.29) is 51.7 Å². The lowest BCUT2D eigenvalue weighted by Gasteiger charge is -2.22. The van der Waals surface area contributed by atoms with E-state index >= 15 is 0 Å². The summed E-state index contributed by atoms with van der Waals surface area (Å²) in [6.07, 6.45) is -2.55. The van der Waals surface area contributed by atoms with Crippen LogP contribution in [-0.4, -0.2) is 89.3 Å². The summed E-state index contributed by atoms with van der Waals surface area (Å²) in [5.41, 5.74) is -0.971. The normalized spacial score (nSPS) is 11.3. The van der Waals surface area contributed by atoms with E-state index in [0.717, 1.165) is 0 Å². The van der Waals surface area contributed by atoms with Gasteiger partial charge in [0.25, 0.3) is 0 Å². The fraction of sp³-hybridized carbons (Fsp3) is 0.800. The molecule has 12 heteroatoms. The van der Waals surface area contributed by atoms with Gasteiger partial charge in [0, 0.05) is 17.9 Å². The maximum Gasteiger partial charge on any atom is 0.508 e. The number of hydrogen-bond donors (Lipinski definition) is 1. The van der Waals surface area contributed by atoms with Crippen molar-refractivity contribution in [3.8, 4) is 0 Å². The van der Waals surface area contributed by atoms with Gasteiger partial charge in [-0.2, -0.15) is 0 Å². The van der Waals surface area contributed by atoms with Crippen molar-refractivity contribution in [1.82, 2.24) is 0 Å². The quantitative estimate of drug-likeness (QED) is 0.161. The molecule has 0 aliphatic heterocycles. The highest BCUT2D eigenvalue weighted by Crippen LogP contribution is 2.15. The number of esters is 2. The molecule has 0 amide bonds. The molecule has 0 aliphatic carbocycles. The number of carbonyl (C=O) groups excluding carboxylic acids is 4. The molecule has 12 nitrogen and oxygen atoms in total. The fourth-order valence-electron chi connectivity index (χ4n) is 1.85. The Morgan fingerprint density at radius 3 is 1.44 bits per heavy atom. The minimum atomic E-state index is -0.970. The van der Waals surface area contributed by atoms with E-state index in [0.29, 0.717) is 6.61 Å². The molecule has 0 rings (SSSR count). The van der Waals surface area contributed by atoms with Crippen LogP contribution in [-0.2, 0) is 42.7 Å². The van der Waals surface area contributed by atoms with Crippen molar-refractivity contribution in [2.45, 2.75) is 34.1 Å². The number of ether oxygens (including phenoxy) is 7. The summed E-state index contributed by atoms with van der Waals surface area (Å²) in [5.74, 6) is -1.76. The van der Waals surface area contributed by atoms with Gasteiger partial charge in [0.1, 0.15) is 46.1 Å². The molecule has 0 fully saturated rings. The first-order valence-corrected chi connectivity index (χ1v) is 9.91. The van der Waals surface area contributed by atoms with Crippen molar-refractivity contribution in [2.24, 2.45) is 10.8 Å². The molecule has 186 valence electrons. The maximum atomic E-state index is 11.5. The summed E-state index contributed by atoms with van der Waals surface area (Å²) in [6.45, 7) is 6.32. The number of methoxy groups -OCH3 is 1. The number of aliphatic hydroxyl groups is 1. The topological polar surface area (TPSA) is 153 Å². The average molecular weight is 466 g/mol. The molecule has 0 aromatic carbocycles. The van der Waals surface area contributed by atoms with Crippen LogP contribution < -0.4 is 0 Å². The molecule has 0 bridgehead atoms. The number of rotatable bonds is 15. The Morgan fingerprint density at radius 2 is 1.03 bits per heavy atom. The monoisotopic (exact) mass is 466 g/mol. The standard InChI is InChI=1S/C20H34O12/c1-19(2,11-21)13-31-17(24)29-8-6-27-15(22)10-16(23)28-7-9-30-18(25)32-14-20(3,4)12-26-5/h21H,6-14H2,1-5H3. The van der Waals surface area contributed by atoms with Crippen molar-refractivity contribution in [3.05, 3.63) is 0 Å². The first kappa shape index (κ1) is 29.4. The summed E-state index contributed by atoms with van der Waals surface area (Å²) < 4.78 is 33.6. The van der Waals surface area contributed by atoms with Gasteiger partial charge in [-0.25, -0.2) is 9.59 Å². The highest BCUT2D eigenvalue weighted by Gasteiger charge is 2.21. The molecule has 0 saturated heterocycles. The van der Waals surface area contributed by atoms with Crippen molar-refractivity contribution in [2.75, 3.05) is 60.0 Å². The molecule has 0 aromatic rings. The summed E-state index contributed by atoms with van der Waals surface area (Å²) >= 11 is 0. The Labute approximate surface area is 187 Å². The second-order valence-electron chi connectivity index (χ2n) is 8.31. The van der Waals surface area contributed by atoms with Crippen LogP contribution in [0.15, 0.2) is 0 Å². The first-order valence-electron chi connectivity index (χ1n) is 9.91. The van der Waals surface area contributed by atoms with E-state index in [1.54, 1.807) is 13.8 Å². The zero-order chi connectivity index (χ0) is 24.6. The molecule has 0 radical (unpaired) electrons. The minimum Gasteiger partial charge on any atom is -0.462 e. The smallest absolute Gasteiger partial charge is 0.462 e. The highest BCUT2D eigenvalue weighted by molar-refractivity contribution is 5.91. The van der Waals surface area contributed by atoms with Gasteiger partial charge in [-0.05, 0) is 0 Å². The molecular weight excluding hydrogens is 432 g/mol. The van der Waals surface area contributed by atoms with Gasteiger partial charge < -0.3 is 38.3 Å². The van der Waals surface area contributed by atoms with Crippen LogP contribution in [0.2, 0.25) is 0 Å². The van der Waals surface area contributed by atoms with Gasteiger partial charge in [-0.15, -0.1) is 0 Å². The molecule has 0 atom stereocenters. The molecule has 0 saturated carbocycles. The van der Waals surface area contributed by atoms with Gasteiger partial charge in [0.2, 0.25) is 0 Å². The molecule has 0 spiro atoms.